The minimum atomic E-state index is -4.65. The fourth-order valence-electron chi connectivity index (χ4n) is 5.85. The van der Waals surface area contributed by atoms with Crippen molar-refractivity contribution in [3.8, 4) is 0 Å². The molecule has 2 aliphatic heterocycles. The molecule has 2 amide bonds. The van der Waals surface area contributed by atoms with E-state index in [9.17, 15) is 32.7 Å². The molecule has 0 unspecified atom stereocenters. The summed E-state index contributed by atoms with van der Waals surface area (Å²) in [5, 5.41) is 15.5. The van der Waals surface area contributed by atoms with Crippen LogP contribution < -0.4 is 15.6 Å². The highest BCUT2D eigenvalue weighted by Crippen LogP contribution is 2.35. The summed E-state index contributed by atoms with van der Waals surface area (Å²) in [6.45, 7) is 3.52. The molecule has 0 spiro atoms. The summed E-state index contributed by atoms with van der Waals surface area (Å²) in [5.74, 6) is -2.19. The molecule has 2 fully saturated rings. The van der Waals surface area contributed by atoms with Crippen molar-refractivity contribution in [1.82, 2.24) is 10.3 Å². The number of nitrogens with one attached hydrogen (secondary N) is 2. The number of aliphatic carboxylic acids is 1. The molecule has 5 rings (SSSR count). The highest BCUT2D eigenvalue weighted by atomic mass is 35.5. The Morgan fingerprint density at radius 1 is 0.936 bits per heavy atom. The largest absolute Gasteiger partial charge is 0.481 e. The average Bonchev–Trinajstić information content (AvgIpc) is 3.06. The monoisotopic (exact) mass is 669 g/mol. The number of carbonyl (C=O) groups is 3. The van der Waals surface area contributed by atoms with Crippen LogP contribution >= 0.6 is 11.6 Å². The van der Waals surface area contributed by atoms with Crippen molar-refractivity contribution in [2.45, 2.75) is 44.8 Å². The lowest BCUT2D eigenvalue weighted by Gasteiger charge is -2.30. The molecule has 0 radical (unpaired) electrons. The normalized spacial score (nSPS) is 16.3. The number of piperidine rings is 2. The molecule has 2 heterocycles. The standard InChI is InChI=1S/C34H35ClF3N5O4/c35-29-9-7-22(18-28(29)34(36,37)38)20-39-41-32(45)27-19-26(43-13-2-1-3-14-43)8-10-30(27)40-31(44)25-6-4-5-23(17-25)21-42-15-11-24(12-16-42)33(46)47/h4-10,17-20,24H,1-3,11-16,21H2,(H,40,44)(H,41,45)(H,46,47)/b39-20-. The van der Waals surface area contributed by atoms with E-state index >= 15 is 0 Å². The molecular formula is C34H35ClF3N5O4. The SMILES string of the molecule is O=C(Nc1ccc(N2CCCCC2)cc1C(=O)N/N=C\c1ccc(Cl)c(C(F)(F)F)c1)c1cccc(CN2CCC(C(=O)O)CC2)c1. The Hall–Kier alpha value is -4.42. The van der Waals surface area contributed by atoms with Crippen molar-refractivity contribution in [2.24, 2.45) is 11.0 Å². The Kier molecular flexibility index (Phi) is 10.8. The zero-order chi connectivity index (χ0) is 33.6. The van der Waals surface area contributed by atoms with Gasteiger partial charge in [0.1, 0.15) is 0 Å². The van der Waals surface area contributed by atoms with Crippen LogP contribution in [0.3, 0.4) is 0 Å². The van der Waals surface area contributed by atoms with Gasteiger partial charge in [0.25, 0.3) is 11.8 Å². The highest BCUT2D eigenvalue weighted by Gasteiger charge is 2.33. The minimum Gasteiger partial charge on any atom is -0.481 e. The summed E-state index contributed by atoms with van der Waals surface area (Å²) >= 11 is 5.70. The first-order chi connectivity index (χ1) is 22.5. The van der Waals surface area contributed by atoms with Crippen LogP contribution in [0.2, 0.25) is 5.02 Å². The Bertz CT molecular complexity index is 1650. The number of likely N-dealkylation sites (tertiary alicyclic amines) is 1. The lowest BCUT2D eigenvalue weighted by Crippen LogP contribution is -2.35. The summed E-state index contributed by atoms with van der Waals surface area (Å²) in [7, 11) is 0. The van der Waals surface area contributed by atoms with Gasteiger partial charge in [-0.05, 0) is 98.8 Å². The van der Waals surface area contributed by atoms with Gasteiger partial charge in [0.2, 0.25) is 0 Å². The first kappa shape index (κ1) is 33.9. The number of carbonyl (C=O) groups excluding carboxylic acids is 2. The average molecular weight is 670 g/mol. The van der Waals surface area contributed by atoms with Crippen molar-refractivity contribution in [3.63, 3.8) is 0 Å². The van der Waals surface area contributed by atoms with Gasteiger partial charge in [0.05, 0.1) is 34.0 Å². The third-order valence-electron chi connectivity index (χ3n) is 8.42. The maximum atomic E-state index is 13.4. The summed E-state index contributed by atoms with van der Waals surface area (Å²) in [6.07, 6.45) is 0.737. The second kappa shape index (κ2) is 15.0. The van der Waals surface area contributed by atoms with Crippen LogP contribution in [0.25, 0.3) is 0 Å². The van der Waals surface area contributed by atoms with Gasteiger partial charge in [-0.3, -0.25) is 19.3 Å². The Morgan fingerprint density at radius 3 is 2.38 bits per heavy atom. The third kappa shape index (κ3) is 8.89. The molecule has 0 aromatic heterocycles. The van der Waals surface area contributed by atoms with Crippen LogP contribution in [-0.4, -0.2) is 60.2 Å². The van der Waals surface area contributed by atoms with Gasteiger partial charge < -0.3 is 15.3 Å². The lowest BCUT2D eigenvalue weighted by molar-refractivity contribution is -0.143. The van der Waals surface area contributed by atoms with E-state index in [0.717, 1.165) is 62.0 Å². The summed E-state index contributed by atoms with van der Waals surface area (Å²) in [6, 6.07) is 15.6. The van der Waals surface area contributed by atoms with Crippen molar-refractivity contribution in [1.29, 1.82) is 0 Å². The van der Waals surface area contributed by atoms with Crippen molar-refractivity contribution in [3.05, 3.63) is 93.5 Å². The van der Waals surface area contributed by atoms with Gasteiger partial charge in [0, 0.05) is 30.9 Å². The van der Waals surface area contributed by atoms with Crippen molar-refractivity contribution < 1.29 is 32.7 Å². The number of nitrogens with zero attached hydrogens (tertiary/aromatic N) is 3. The Morgan fingerprint density at radius 2 is 1.68 bits per heavy atom. The second-order valence-corrected chi connectivity index (χ2v) is 12.2. The molecule has 13 heteroatoms. The van der Waals surface area contributed by atoms with Crippen LogP contribution in [0, 0.1) is 5.92 Å². The number of amides is 2. The topological polar surface area (TPSA) is 114 Å². The number of halogens is 4. The number of anilines is 2. The van der Waals surface area contributed by atoms with Gasteiger partial charge in [-0.2, -0.15) is 18.3 Å². The van der Waals surface area contributed by atoms with Crippen LogP contribution in [-0.2, 0) is 17.5 Å². The molecule has 3 aromatic rings. The molecule has 2 saturated heterocycles. The predicted octanol–water partition coefficient (Wildman–Crippen LogP) is 6.66. The first-order valence-corrected chi connectivity index (χ1v) is 15.8. The molecule has 0 atom stereocenters. The summed E-state index contributed by atoms with van der Waals surface area (Å²) in [5.41, 5.74) is 3.92. The number of rotatable bonds is 9. The predicted molar refractivity (Wildman–Crippen MR) is 174 cm³/mol. The molecule has 47 heavy (non-hydrogen) atoms. The fraction of sp³-hybridized carbons (Fsp3) is 0.353. The molecule has 3 aromatic carbocycles. The smallest absolute Gasteiger partial charge is 0.417 e. The number of alkyl halides is 3. The van der Waals surface area contributed by atoms with E-state index in [1.54, 1.807) is 30.3 Å². The van der Waals surface area contributed by atoms with E-state index < -0.39 is 34.5 Å². The number of hydrogen-bond donors (Lipinski definition) is 3. The maximum absolute atomic E-state index is 13.4. The second-order valence-electron chi connectivity index (χ2n) is 11.8. The van der Waals surface area contributed by atoms with Crippen LogP contribution in [0.5, 0.6) is 0 Å². The minimum absolute atomic E-state index is 0.0868. The van der Waals surface area contributed by atoms with Crippen molar-refractivity contribution in [2.75, 3.05) is 36.4 Å². The van der Waals surface area contributed by atoms with Gasteiger partial charge in [0.15, 0.2) is 0 Å². The van der Waals surface area contributed by atoms with Crippen molar-refractivity contribution >= 4 is 47.0 Å². The van der Waals surface area contributed by atoms with E-state index in [-0.39, 0.29) is 22.7 Å². The summed E-state index contributed by atoms with van der Waals surface area (Å²) in [4.78, 5) is 42.4. The Balaban J connectivity index is 1.32. The molecule has 0 bridgehead atoms. The Labute approximate surface area is 275 Å². The maximum Gasteiger partial charge on any atom is 0.417 e. The van der Waals surface area contributed by atoms with Gasteiger partial charge >= 0.3 is 12.1 Å². The zero-order valence-electron chi connectivity index (χ0n) is 25.5. The van der Waals surface area contributed by atoms with Gasteiger partial charge in [-0.1, -0.05) is 29.8 Å². The molecule has 2 aliphatic rings. The lowest BCUT2D eigenvalue weighted by atomic mass is 9.96. The van der Waals surface area contributed by atoms with Gasteiger partial charge in [-0.15, -0.1) is 0 Å². The van der Waals surface area contributed by atoms with Crippen LogP contribution in [0.1, 0.15) is 69.5 Å². The van der Waals surface area contributed by atoms with Crippen LogP contribution in [0.15, 0.2) is 65.8 Å². The number of hydrazone groups is 1. The summed E-state index contributed by atoms with van der Waals surface area (Å²) < 4.78 is 39.8. The molecule has 248 valence electrons. The van der Waals surface area contributed by atoms with E-state index in [4.69, 9.17) is 11.6 Å². The quantitative estimate of drug-likeness (QED) is 0.173. The first-order valence-electron chi connectivity index (χ1n) is 15.4. The van der Waals surface area contributed by atoms with E-state index in [1.807, 2.05) is 12.1 Å². The third-order valence-corrected chi connectivity index (χ3v) is 8.75. The molecule has 3 N–H and O–H groups in total. The zero-order valence-corrected chi connectivity index (χ0v) is 26.3. The highest BCUT2D eigenvalue weighted by molar-refractivity contribution is 6.31. The number of benzene rings is 3. The number of carboxylic acids is 1. The number of carboxylic acid groups (broad SMARTS) is 1. The van der Waals surface area contributed by atoms with Crippen LogP contribution in [0.4, 0.5) is 24.5 Å². The molecule has 0 aliphatic carbocycles. The van der Waals surface area contributed by atoms with E-state index in [0.29, 0.717) is 38.0 Å². The molecular weight excluding hydrogens is 635 g/mol. The fourth-order valence-corrected chi connectivity index (χ4v) is 6.07. The van der Waals surface area contributed by atoms with E-state index in [2.05, 4.69) is 25.6 Å². The number of hydrogen-bond acceptors (Lipinski definition) is 6. The van der Waals surface area contributed by atoms with Gasteiger partial charge in [-0.25, -0.2) is 5.43 Å². The molecule has 0 saturated carbocycles. The van der Waals surface area contributed by atoms with E-state index in [1.165, 1.54) is 6.07 Å². The molecule has 9 nitrogen and oxygen atoms in total.